The van der Waals surface area contributed by atoms with Gasteiger partial charge in [-0.15, -0.1) is 0 Å². The molecule has 3 rings (SSSR count). The van der Waals surface area contributed by atoms with E-state index in [2.05, 4.69) is 5.32 Å². The maximum Gasteiger partial charge on any atom is 0.409 e. The number of piperidine rings is 1. The molecule has 2 amide bonds. The van der Waals surface area contributed by atoms with Crippen molar-refractivity contribution in [3.8, 4) is 11.5 Å². The molecule has 7 heteroatoms. The predicted octanol–water partition coefficient (Wildman–Crippen LogP) is 1.95. The van der Waals surface area contributed by atoms with E-state index in [9.17, 15) is 9.59 Å². The number of carbonyl (C=O) groups excluding carboxylic acids is 2. The van der Waals surface area contributed by atoms with Gasteiger partial charge in [0, 0.05) is 19.1 Å². The Morgan fingerprint density at radius 3 is 2.48 bits per heavy atom. The van der Waals surface area contributed by atoms with Crippen molar-refractivity contribution in [2.24, 2.45) is 0 Å². The lowest BCUT2D eigenvalue weighted by Gasteiger charge is -2.34. The smallest absolute Gasteiger partial charge is 0.409 e. The Balaban J connectivity index is 1.52. The number of likely N-dealkylation sites (tertiary alicyclic amines) is 1. The zero-order valence-corrected chi connectivity index (χ0v) is 14.6. The minimum Gasteiger partial charge on any atom is -0.482 e. The van der Waals surface area contributed by atoms with Crippen LogP contribution in [0.4, 0.5) is 4.79 Å². The highest BCUT2D eigenvalue weighted by molar-refractivity contribution is 5.82. The number of para-hydroxylation sites is 2. The standard InChI is InChI=1S/C18H24N2O5/c1-3-23-18(22)20-10-8-13(9-11-20)19-17(21)16-12(2)24-14-6-4-5-7-15(14)25-16/h4-7,12-13,16H,3,8-11H2,1-2H3,(H,19,21). The molecule has 1 aromatic carbocycles. The molecule has 2 aliphatic heterocycles. The molecule has 0 aromatic heterocycles. The summed E-state index contributed by atoms with van der Waals surface area (Å²) in [7, 11) is 0. The Kier molecular flexibility index (Phi) is 5.31. The quantitative estimate of drug-likeness (QED) is 0.903. The van der Waals surface area contributed by atoms with E-state index in [1.807, 2.05) is 25.1 Å². The summed E-state index contributed by atoms with van der Waals surface area (Å²) in [5, 5.41) is 3.02. The molecule has 1 N–H and O–H groups in total. The van der Waals surface area contributed by atoms with Gasteiger partial charge in [-0.05, 0) is 38.8 Å². The van der Waals surface area contributed by atoms with Crippen molar-refractivity contribution in [1.29, 1.82) is 0 Å². The number of benzene rings is 1. The predicted molar refractivity (Wildman–Crippen MR) is 90.7 cm³/mol. The van der Waals surface area contributed by atoms with Crippen molar-refractivity contribution >= 4 is 12.0 Å². The van der Waals surface area contributed by atoms with Crippen LogP contribution in [0.1, 0.15) is 26.7 Å². The molecule has 2 unspecified atom stereocenters. The Hall–Kier alpha value is -2.44. The highest BCUT2D eigenvalue weighted by Crippen LogP contribution is 2.33. The third kappa shape index (κ3) is 3.97. The van der Waals surface area contributed by atoms with Gasteiger partial charge in [0.2, 0.25) is 6.10 Å². The zero-order valence-electron chi connectivity index (χ0n) is 14.6. The Labute approximate surface area is 147 Å². The highest BCUT2D eigenvalue weighted by atomic mass is 16.6. The maximum atomic E-state index is 12.6. The molecule has 136 valence electrons. The molecule has 7 nitrogen and oxygen atoms in total. The monoisotopic (exact) mass is 348 g/mol. The normalized spacial score (nSPS) is 23.0. The van der Waals surface area contributed by atoms with Crippen LogP contribution in [0.15, 0.2) is 24.3 Å². The molecule has 0 aliphatic carbocycles. The fraction of sp³-hybridized carbons (Fsp3) is 0.556. The molecule has 1 saturated heterocycles. The molecule has 0 saturated carbocycles. The van der Waals surface area contributed by atoms with Crippen LogP contribution in [-0.4, -0.2) is 54.8 Å². The molecule has 2 heterocycles. The van der Waals surface area contributed by atoms with Crippen LogP contribution in [0.3, 0.4) is 0 Å². The van der Waals surface area contributed by atoms with E-state index < -0.39 is 6.10 Å². The van der Waals surface area contributed by atoms with Crippen LogP contribution in [0, 0.1) is 0 Å². The van der Waals surface area contributed by atoms with E-state index in [1.54, 1.807) is 17.9 Å². The number of ether oxygens (including phenoxy) is 3. The van der Waals surface area contributed by atoms with Crippen LogP contribution in [-0.2, 0) is 9.53 Å². The van der Waals surface area contributed by atoms with Gasteiger partial charge in [0.25, 0.3) is 5.91 Å². The lowest BCUT2D eigenvalue weighted by molar-refractivity contribution is -0.134. The van der Waals surface area contributed by atoms with Crippen molar-refractivity contribution in [2.45, 2.75) is 44.9 Å². The molecule has 2 aliphatic rings. The van der Waals surface area contributed by atoms with Crippen molar-refractivity contribution in [3.63, 3.8) is 0 Å². The number of carbonyl (C=O) groups is 2. The van der Waals surface area contributed by atoms with E-state index in [0.29, 0.717) is 44.0 Å². The first-order chi connectivity index (χ1) is 12.1. The van der Waals surface area contributed by atoms with Gasteiger partial charge in [0.1, 0.15) is 6.10 Å². The third-order valence-electron chi connectivity index (χ3n) is 4.47. The second-order valence-electron chi connectivity index (χ2n) is 6.28. The molecule has 2 atom stereocenters. The molecular weight excluding hydrogens is 324 g/mol. The number of hydrogen-bond acceptors (Lipinski definition) is 5. The number of nitrogens with zero attached hydrogens (tertiary/aromatic N) is 1. The summed E-state index contributed by atoms with van der Waals surface area (Å²) in [6.07, 6.45) is 0.0562. The van der Waals surface area contributed by atoms with Crippen LogP contribution >= 0.6 is 0 Å². The fourth-order valence-electron chi connectivity index (χ4n) is 3.11. The second-order valence-corrected chi connectivity index (χ2v) is 6.28. The number of hydrogen-bond donors (Lipinski definition) is 1. The highest BCUT2D eigenvalue weighted by Gasteiger charge is 2.35. The van der Waals surface area contributed by atoms with Gasteiger partial charge in [-0.1, -0.05) is 12.1 Å². The van der Waals surface area contributed by atoms with E-state index in [0.717, 1.165) is 0 Å². The largest absolute Gasteiger partial charge is 0.482 e. The second kappa shape index (κ2) is 7.63. The average molecular weight is 348 g/mol. The van der Waals surface area contributed by atoms with Crippen LogP contribution < -0.4 is 14.8 Å². The van der Waals surface area contributed by atoms with Gasteiger partial charge in [-0.25, -0.2) is 4.79 Å². The summed E-state index contributed by atoms with van der Waals surface area (Å²) in [6, 6.07) is 7.35. The first kappa shape index (κ1) is 17.4. The first-order valence-corrected chi connectivity index (χ1v) is 8.73. The fourth-order valence-corrected chi connectivity index (χ4v) is 3.11. The number of fused-ring (bicyclic) bond motifs is 1. The van der Waals surface area contributed by atoms with E-state index in [-0.39, 0.29) is 24.1 Å². The molecule has 0 radical (unpaired) electrons. The third-order valence-corrected chi connectivity index (χ3v) is 4.47. The lowest BCUT2D eigenvalue weighted by Crippen LogP contribution is -2.54. The summed E-state index contributed by atoms with van der Waals surface area (Å²) in [4.78, 5) is 26.0. The topological polar surface area (TPSA) is 77.1 Å². The molecule has 1 fully saturated rings. The Bertz CT molecular complexity index is 628. The minimum absolute atomic E-state index is 0.0196. The van der Waals surface area contributed by atoms with Gasteiger partial charge in [0.05, 0.1) is 6.61 Å². The van der Waals surface area contributed by atoms with Crippen LogP contribution in [0.25, 0.3) is 0 Å². The average Bonchev–Trinajstić information content (AvgIpc) is 2.62. The van der Waals surface area contributed by atoms with Crippen molar-refractivity contribution in [3.05, 3.63) is 24.3 Å². The van der Waals surface area contributed by atoms with Crippen LogP contribution in [0.5, 0.6) is 11.5 Å². The Morgan fingerprint density at radius 2 is 1.84 bits per heavy atom. The SMILES string of the molecule is CCOC(=O)N1CCC(NC(=O)C2Oc3ccccc3OC2C)CC1. The van der Waals surface area contributed by atoms with Crippen molar-refractivity contribution in [1.82, 2.24) is 10.2 Å². The van der Waals surface area contributed by atoms with Crippen LogP contribution in [0.2, 0.25) is 0 Å². The van der Waals surface area contributed by atoms with Gasteiger partial charge in [0.15, 0.2) is 11.5 Å². The van der Waals surface area contributed by atoms with E-state index in [4.69, 9.17) is 14.2 Å². The summed E-state index contributed by atoms with van der Waals surface area (Å²) in [5.41, 5.74) is 0. The number of amides is 2. The molecule has 25 heavy (non-hydrogen) atoms. The Morgan fingerprint density at radius 1 is 1.20 bits per heavy atom. The van der Waals surface area contributed by atoms with Crippen molar-refractivity contribution in [2.75, 3.05) is 19.7 Å². The summed E-state index contributed by atoms with van der Waals surface area (Å²) < 4.78 is 16.6. The van der Waals surface area contributed by atoms with Gasteiger partial charge < -0.3 is 24.4 Å². The minimum atomic E-state index is -0.682. The number of rotatable bonds is 3. The lowest BCUT2D eigenvalue weighted by atomic mass is 10.0. The summed E-state index contributed by atoms with van der Waals surface area (Å²) >= 11 is 0. The zero-order chi connectivity index (χ0) is 17.8. The molecule has 0 spiro atoms. The van der Waals surface area contributed by atoms with Crippen molar-refractivity contribution < 1.29 is 23.8 Å². The summed E-state index contributed by atoms with van der Waals surface area (Å²) in [6.45, 7) is 5.13. The molecular formula is C18H24N2O5. The van der Waals surface area contributed by atoms with E-state index >= 15 is 0 Å². The van der Waals surface area contributed by atoms with Gasteiger partial charge in [-0.3, -0.25) is 4.79 Å². The first-order valence-electron chi connectivity index (χ1n) is 8.73. The van der Waals surface area contributed by atoms with Gasteiger partial charge >= 0.3 is 6.09 Å². The van der Waals surface area contributed by atoms with E-state index in [1.165, 1.54) is 0 Å². The number of nitrogens with one attached hydrogen (secondary N) is 1. The van der Waals surface area contributed by atoms with Gasteiger partial charge in [-0.2, -0.15) is 0 Å². The summed E-state index contributed by atoms with van der Waals surface area (Å²) in [5.74, 6) is 1.05. The molecule has 1 aromatic rings. The molecule has 0 bridgehead atoms. The maximum absolute atomic E-state index is 12.6.